The molecule has 0 saturated heterocycles. The number of hydrogen-bond acceptors (Lipinski definition) is 2. The lowest BCUT2D eigenvalue weighted by molar-refractivity contribution is -0.140. The number of benzene rings is 3. The average molecular weight is 499 g/mol. The van der Waals surface area contributed by atoms with E-state index < -0.39 is 23.6 Å². The predicted molar refractivity (Wildman–Crippen MR) is 134 cm³/mol. The number of nitrogens with zero attached hydrogens (tertiary/aromatic N) is 1. The minimum atomic E-state index is -0.850. The molecule has 0 bridgehead atoms. The molecule has 1 atom stereocenters. The van der Waals surface area contributed by atoms with Crippen molar-refractivity contribution in [2.75, 3.05) is 6.54 Å². The minimum absolute atomic E-state index is 0.0594. The van der Waals surface area contributed by atoms with Gasteiger partial charge in [-0.05, 0) is 41.8 Å². The fourth-order valence-corrected chi connectivity index (χ4v) is 4.03. The summed E-state index contributed by atoms with van der Waals surface area (Å²) in [5.74, 6) is -1.73. The lowest BCUT2D eigenvalue weighted by Gasteiger charge is -2.32. The van der Waals surface area contributed by atoms with Gasteiger partial charge in [-0.25, -0.2) is 8.78 Å². The first-order chi connectivity index (χ1) is 16.9. The van der Waals surface area contributed by atoms with E-state index in [9.17, 15) is 18.4 Å². The molecule has 35 heavy (non-hydrogen) atoms. The van der Waals surface area contributed by atoms with Crippen molar-refractivity contribution < 1.29 is 18.4 Å². The van der Waals surface area contributed by atoms with Crippen molar-refractivity contribution in [3.63, 3.8) is 0 Å². The van der Waals surface area contributed by atoms with Gasteiger partial charge in [0.2, 0.25) is 11.8 Å². The highest BCUT2D eigenvalue weighted by atomic mass is 35.5. The van der Waals surface area contributed by atoms with Gasteiger partial charge in [-0.1, -0.05) is 73.5 Å². The van der Waals surface area contributed by atoms with Crippen LogP contribution in [0.2, 0.25) is 5.02 Å². The number of amides is 2. The average Bonchev–Trinajstić information content (AvgIpc) is 2.85. The Labute approximate surface area is 209 Å². The molecule has 0 fully saturated rings. The Morgan fingerprint density at radius 3 is 2.31 bits per heavy atom. The van der Waals surface area contributed by atoms with E-state index in [1.54, 1.807) is 12.1 Å². The van der Waals surface area contributed by atoms with Crippen LogP contribution >= 0.6 is 11.6 Å². The van der Waals surface area contributed by atoms with Crippen LogP contribution in [0.3, 0.4) is 0 Å². The molecule has 3 aromatic rings. The Balaban J connectivity index is 1.97. The van der Waals surface area contributed by atoms with E-state index in [1.165, 1.54) is 35.2 Å². The second kappa shape index (κ2) is 13.0. The monoisotopic (exact) mass is 498 g/mol. The molecule has 0 aliphatic heterocycles. The third kappa shape index (κ3) is 7.62. The molecule has 3 rings (SSSR count). The summed E-state index contributed by atoms with van der Waals surface area (Å²) in [5, 5.41) is 3.07. The van der Waals surface area contributed by atoms with E-state index in [0.717, 1.165) is 18.4 Å². The van der Waals surface area contributed by atoms with Crippen molar-refractivity contribution in [3.8, 4) is 0 Å². The molecule has 3 aromatic carbocycles. The van der Waals surface area contributed by atoms with Crippen molar-refractivity contribution in [2.45, 2.75) is 45.2 Å². The van der Waals surface area contributed by atoms with Crippen LogP contribution in [-0.2, 0) is 29.0 Å². The Bertz CT molecular complexity index is 1100. The molecule has 0 aromatic heterocycles. The van der Waals surface area contributed by atoms with Gasteiger partial charge in [0.25, 0.3) is 0 Å². The van der Waals surface area contributed by atoms with Gasteiger partial charge < -0.3 is 10.2 Å². The maximum atomic E-state index is 14.5. The maximum absolute atomic E-state index is 14.5. The summed E-state index contributed by atoms with van der Waals surface area (Å²) < 4.78 is 28.0. The van der Waals surface area contributed by atoms with Crippen LogP contribution in [0.5, 0.6) is 0 Å². The summed E-state index contributed by atoms with van der Waals surface area (Å²) in [5.41, 5.74) is 1.61. The first-order valence-corrected chi connectivity index (χ1v) is 12.0. The normalized spacial score (nSPS) is 11.7. The highest BCUT2D eigenvalue weighted by Crippen LogP contribution is 2.22. The number of carbonyl (C=O) groups excluding carboxylic acids is 2. The van der Waals surface area contributed by atoms with E-state index in [4.69, 9.17) is 11.6 Å². The number of carbonyl (C=O) groups is 2. The van der Waals surface area contributed by atoms with Crippen LogP contribution in [-0.4, -0.2) is 29.3 Å². The molecular formula is C28H29ClF2N2O2. The van der Waals surface area contributed by atoms with E-state index >= 15 is 0 Å². The van der Waals surface area contributed by atoms with Crippen molar-refractivity contribution in [2.24, 2.45) is 0 Å². The number of halogens is 3. The topological polar surface area (TPSA) is 49.4 Å². The summed E-state index contributed by atoms with van der Waals surface area (Å²) in [7, 11) is 0. The van der Waals surface area contributed by atoms with Crippen LogP contribution < -0.4 is 5.32 Å². The van der Waals surface area contributed by atoms with Crippen LogP contribution in [0.1, 0.15) is 36.5 Å². The van der Waals surface area contributed by atoms with Gasteiger partial charge in [-0.2, -0.15) is 0 Å². The van der Waals surface area contributed by atoms with E-state index in [2.05, 4.69) is 5.32 Å². The number of hydrogen-bond donors (Lipinski definition) is 1. The third-order valence-electron chi connectivity index (χ3n) is 5.76. The summed E-state index contributed by atoms with van der Waals surface area (Å²) in [6.07, 6.45) is 1.69. The fraction of sp³-hybridized carbons (Fsp3) is 0.286. The van der Waals surface area contributed by atoms with Gasteiger partial charge in [-0.3, -0.25) is 9.59 Å². The maximum Gasteiger partial charge on any atom is 0.243 e. The lowest BCUT2D eigenvalue weighted by Crippen LogP contribution is -2.51. The standard InChI is InChI=1S/C28H29ClF2N2O2/c1-2-3-16-32-28(35)26(17-20-8-5-4-6-9-20)33(19-21-12-14-22(30)15-13-21)27(34)18-23-24(29)10-7-11-25(23)31/h4-15,26H,2-3,16-19H2,1H3,(H,32,35). The molecule has 184 valence electrons. The molecule has 0 radical (unpaired) electrons. The van der Waals surface area contributed by atoms with Gasteiger partial charge in [0, 0.05) is 30.1 Å². The summed E-state index contributed by atoms with van der Waals surface area (Å²) in [6, 6.07) is 18.5. The van der Waals surface area contributed by atoms with Crippen LogP contribution in [0, 0.1) is 11.6 Å². The van der Waals surface area contributed by atoms with Crippen molar-refractivity contribution in [3.05, 3.63) is 106 Å². The molecule has 0 saturated carbocycles. The molecular weight excluding hydrogens is 470 g/mol. The second-order valence-corrected chi connectivity index (χ2v) is 8.78. The molecule has 0 heterocycles. The van der Waals surface area contributed by atoms with Gasteiger partial charge in [0.05, 0.1) is 6.42 Å². The zero-order valence-corrected chi connectivity index (χ0v) is 20.4. The first kappa shape index (κ1) is 26.4. The minimum Gasteiger partial charge on any atom is -0.354 e. The Morgan fingerprint density at radius 1 is 0.943 bits per heavy atom. The summed E-state index contributed by atoms with van der Waals surface area (Å²) in [4.78, 5) is 28.4. The molecule has 0 spiro atoms. The quantitative estimate of drug-likeness (QED) is 0.344. The molecule has 1 unspecified atom stereocenters. The number of nitrogens with one attached hydrogen (secondary N) is 1. The van der Waals surface area contributed by atoms with Gasteiger partial charge in [0.1, 0.15) is 17.7 Å². The molecule has 7 heteroatoms. The van der Waals surface area contributed by atoms with Crippen molar-refractivity contribution in [1.29, 1.82) is 0 Å². The van der Waals surface area contributed by atoms with Gasteiger partial charge >= 0.3 is 0 Å². The summed E-state index contributed by atoms with van der Waals surface area (Å²) in [6.45, 7) is 2.57. The third-order valence-corrected chi connectivity index (χ3v) is 6.11. The Morgan fingerprint density at radius 2 is 1.66 bits per heavy atom. The van der Waals surface area contributed by atoms with E-state index in [0.29, 0.717) is 12.1 Å². The fourth-order valence-electron chi connectivity index (χ4n) is 3.80. The smallest absolute Gasteiger partial charge is 0.243 e. The zero-order chi connectivity index (χ0) is 25.2. The predicted octanol–water partition coefficient (Wildman–Crippen LogP) is 5.72. The highest BCUT2D eigenvalue weighted by molar-refractivity contribution is 6.31. The highest BCUT2D eigenvalue weighted by Gasteiger charge is 2.31. The molecule has 4 nitrogen and oxygen atoms in total. The molecule has 0 aliphatic rings. The van der Waals surface area contributed by atoms with Gasteiger partial charge in [0.15, 0.2) is 0 Å². The van der Waals surface area contributed by atoms with Crippen molar-refractivity contribution >= 4 is 23.4 Å². The Kier molecular flexibility index (Phi) is 9.79. The zero-order valence-electron chi connectivity index (χ0n) is 19.6. The SMILES string of the molecule is CCCCNC(=O)C(Cc1ccccc1)N(Cc1ccc(F)cc1)C(=O)Cc1c(F)cccc1Cl. The Hall–Kier alpha value is -3.25. The number of rotatable bonds is 11. The van der Waals surface area contributed by atoms with E-state index in [-0.39, 0.29) is 35.9 Å². The van der Waals surface area contributed by atoms with Crippen LogP contribution in [0.25, 0.3) is 0 Å². The number of unbranched alkanes of at least 4 members (excludes halogenated alkanes) is 1. The van der Waals surface area contributed by atoms with Crippen LogP contribution in [0.15, 0.2) is 72.8 Å². The molecule has 1 N–H and O–H groups in total. The largest absolute Gasteiger partial charge is 0.354 e. The lowest BCUT2D eigenvalue weighted by atomic mass is 10.0. The first-order valence-electron chi connectivity index (χ1n) is 11.7. The molecule has 2 amide bonds. The van der Waals surface area contributed by atoms with Gasteiger partial charge in [-0.15, -0.1) is 0 Å². The van der Waals surface area contributed by atoms with E-state index in [1.807, 2.05) is 37.3 Å². The molecule has 0 aliphatic carbocycles. The second-order valence-electron chi connectivity index (χ2n) is 8.38. The van der Waals surface area contributed by atoms with Crippen LogP contribution in [0.4, 0.5) is 8.78 Å². The summed E-state index contributed by atoms with van der Waals surface area (Å²) >= 11 is 6.18. The van der Waals surface area contributed by atoms with Crippen molar-refractivity contribution in [1.82, 2.24) is 10.2 Å².